The van der Waals surface area contributed by atoms with Gasteiger partial charge in [-0.15, -0.1) is 0 Å². The highest BCUT2D eigenvalue weighted by Gasteiger charge is 2.52. The van der Waals surface area contributed by atoms with Crippen molar-refractivity contribution in [3.63, 3.8) is 0 Å². The number of thiocarbonyl (C=S) groups is 2. The minimum atomic E-state index is -4.87. The van der Waals surface area contributed by atoms with Crippen LogP contribution in [0.5, 0.6) is 11.8 Å². The van der Waals surface area contributed by atoms with E-state index in [1.165, 1.54) is 69.1 Å². The number of anilines is 4. The van der Waals surface area contributed by atoms with Crippen LogP contribution < -0.4 is 40.2 Å². The van der Waals surface area contributed by atoms with E-state index >= 15 is 8.78 Å². The minimum absolute atomic E-state index is 0.0116. The molecule has 0 atom stereocenters. The number of fused-ring (bicyclic) bond motifs is 2. The molecule has 0 unspecified atom stereocenters. The first kappa shape index (κ1) is 54.6. The molecule has 0 saturated carbocycles. The molecule has 8 rings (SSSR count). The maximum atomic E-state index is 15.2. The van der Waals surface area contributed by atoms with Gasteiger partial charge in [0.2, 0.25) is 11.8 Å². The summed E-state index contributed by atoms with van der Waals surface area (Å²) < 4.78 is 128. The predicted molar refractivity (Wildman–Crippen MR) is 258 cm³/mol. The van der Waals surface area contributed by atoms with Crippen LogP contribution in [0.4, 0.5) is 57.9 Å². The van der Waals surface area contributed by atoms with E-state index in [4.69, 9.17) is 54.3 Å². The first-order valence-corrected chi connectivity index (χ1v) is 22.4. The second-order valence-electron chi connectivity index (χ2n) is 17.1. The fourth-order valence-electron chi connectivity index (χ4n) is 7.95. The van der Waals surface area contributed by atoms with Crippen LogP contribution in [-0.2, 0) is 26.7 Å². The van der Waals surface area contributed by atoms with Gasteiger partial charge < -0.3 is 29.1 Å². The van der Waals surface area contributed by atoms with Crippen LogP contribution in [0.25, 0.3) is 11.3 Å². The van der Waals surface area contributed by atoms with Gasteiger partial charge in [0.25, 0.3) is 22.9 Å². The molecule has 2 amide bonds. The summed E-state index contributed by atoms with van der Waals surface area (Å²) in [5, 5.41) is 26.5. The van der Waals surface area contributed by atoms with Crippen LogP contribution in [-0.4, -0.2) is 90.5 Å². The number of pyridine rings is 2. The average Bonchev–Trinajstić information content (AvgIpc) is 3.63. The molecular formula is C47H36F8N10O8S2. The van der Waals surface area contributed by atoms with Crippen molar-refractivity contribution in [2.24, 2.45) is 0 Å². The Bertz CT molecular complexity index is 3570. The molecular weight excluding hydrogens is 1050 g/mol. The molecule has 0 aliphatic carbocycles. The number of alkyl halides is 6. The molecule has 390 valence electrons. The summed E-state index contributed by atoms with van der Waals surface area (Å²) in [5.74, 6) is -3.63. The lowest BCUT2D eigenvalue weighted by atomic mass is 10.0. The summed E-state index contributed by atoms with van der Waals surface area (Å²) in [4.78, 5) is 64.1. The number of carbonyl (C=O) groups is 2. The van der Waals surface area contributed by atoms with Gasteiger partial charge >= 0.3 is 12.4 Å². The fraction of sp³-hybridized carbons (Fsp3) is 0.277. The van der Waals surface area contributed by atoms with E-state index in [2.05, 4.69) is 9.97 Å². The third-order valence-electron chi connectivity index (χ3n) is 11.5. The van der Waals surface area contributed by atoms with Gasteiger partial charge in [0, 0.05) is 31.6 Å². The van der Waals surface area contributed by atoms with Gasteiger partial charge in [-0.05, 0) is 88.5 Å². The topological polar surface area (TPSA) is 211 Å². The minimum Gasteiger partial charge on any atom is -0.475 e. The molecule has 18 nitrogen and oxygen atoms in total. The third-order valence-corrected chi connectivity index (χ3v) is 12.2. The number of ether oxygens (including phenoxy) is 3. The number of methoxy groups -OCH3 is 1. The quantitative estimate of drug-likeness (QED) is 0.0815. The Morgan fingerprint density at radius 2 is 1.00 bits per heavy atom. The number of hydrogen-bond acceptors (Lipinski definition) is 14. The lowest BCUT2D eigenvalue weighted by Crippen LogP contribution is -2.44. The largest absolute Gasteiger partial charge is 0.475 e. The number of amides is 2. The highest BCUT2D eigenvalue weighted by molar-refractivity contribution is 7.81. The number of halogens is 8. The van der Waals surface area contributed by atoms with Gasteiger partial charge in [-0.3, -0.25) is 37.8 Å². The summed E-state index contributed by atoms with van der Waals surface area (Å²) in [5.41, 5.74) is -9.36. The lowest BCUT2D eigenvalue weighted by molar-refractivity contribution is -0.138. The Labute approximate surface area is 428 Å². The van der Waals surface area contributed by atoms with Crippen molar-refractivity contribution in [1.82, 2.24) is 18.8 Å². The molecule has 75 heavy (non-hydrogen) atoms. The van der Waals surface area contributed by atoms with Crippen LogP contribution in [0.3, 0.4) is 0 Å². The van der Waals surface area contributed by atoms with Gasteiger partial charge in [0.15, 0.2) is 33.2 Å². The molecule has 2 fully saturated rings. The Kier molecular flexibility index (Phi) is 14.8. The van der Waals surface area contributed by atoms with E-state index in [9.17, 15) is 45.5 Å². The van der Waals surface area contributed by atoms with Crippen LogP contribution in [0.15, 0.2) is 82.6 Å². The number of aliphatic hydroxyl groups is 1. The van der Waals surface area contributed by atoms with Gasteiger partial charge in [-0.1, -0.05) is 0 Å². The molecule has 28 heteroatoms. The highest BCUT2D eigenvalue weighted by atomic mass is 32.1. The number of aromatic nitrogens is 4. The van der Waals surface area contributed by atoms with Crippen LogP contribution in [0.2, 0.25) is 0 Å². The Hall–Kier alpha value is -8.18. The van der Waals surface area contributed by atoms with Crippen LogP contribution >= 0.6 is 24.4 Å². The summed E-state index contributed by atoms with van der Waals surface area (Å²) in [6.07, 6.45) is -7.32. The number of nitriles is 2. The van der Waals surface area contributed by atoms with E-state index in [1.807, 2.05) is 0 Å². The van der Waals surface area contributed by atoms with Crippen LogP contribution in [0.1, 0.15) is 49.9 Å². The van der Waals surface area contributed by atoms with Crippen molar-refractivity contribution in [3.8, 4) is 23.9 Å². The van der Waals surface area contributed by atoms with Crippen molar-refractivity contribution in [3.05, 3.63) is 128 Å². The standard InChI is InChI=1S/C24H19F4N5O4S.C23H17F4N5O4S/c1-23(2)21(35)32(14-5-4-13(11-29)16(8-14)24(26,27)28)22(38)33(23)15-9-17(25)20-30-18(37-7-6-36-3)10-19(34)31(20)12-15;1-22(2)20(35)31(13-4-3-12(10-28)15(7-13)23(25,26)27)21(37)32(22)14-8-16(24)19-29-17(36-6-5-33)9-18(34)30(19)11-14/h4-5,8-10,12H,6-7H2,1-3H3;3-4,7-9,11,33H,5-6H2,1-2H3. The predicted octanol–water partition coefficient (Wildman–Crippen LogP) is 6.68. The summed E-state index contributed by atoms with van der Waals surface area (Å²) in [6, 6.07) is 12.4. The molecule has 0 bridgehead atoms. The molecule has 0 radical (unpaired) electrons. The Balaban J connectivity index is 0.000000219. The molecule has 2 aliphatic heterocycles. The molecule has 2 aromatic carbocycles. The number of nitrogens with zero attached hydrogens (tertiary/aromatic N) is 10. The van der Waals surface area contributed by atoms with E-state index in [-0.39, 0.29) is 76.8 Å². The van der Waals surface area contributed by atoms with Crippen molar-refractivity contribution < 1.29 is 64.0 Å². The Morgan fingerprint density at radius 1 is 0.613 bits per heavy atom. The lowest BCUT2D eigenvalue weighted by Gasteiger charge is -2.29. The molecule has 2 aliphatic rings. The number of carbonyl (C=O) groups excluding carboxylic acids is 2. The number of benzene rings is 2. The molecule has 6 aromatic rings. The van der Waals surface area contributed by atoms with E-state index < -0.39 is 85.9 Å². The average molecular weight is 1080 g/mol. The normalized spacial score (nSPS) is 15.4. The zero-order valence-electron chi connectivity index (χ0n) is 39.4. The zero-order valence-corrected chi connectivity index (χ0v) is 41.0. The first-order valence-electron chi connectivity index (χ1n) is 21.5. The zero-order chi connectivity index (χ0) is 55.3. The van der Waals surface area contributed by atoms with Gasteiger partial charge in [0.1, 0.15) is 24.3 Å². The fourth-order valence-corrected chi connectivity index (χ4v) is 8.99. The van der Waals surface area contributed by atoms with Gasteiger partial charge in [-0.2, -0.15) is 46.8 Å². The van der Waals surface area contributed by atoms with Crippen molar-refractivity contribution in [1.29, 1.82) is 10.5 Å². The van der Waals surface area contributed by atoms with Gasteiger partial charge in [0.05, 0.1) is 82.5 Å². The van der Waals surface area contributed by atoms with Crippen molar-refractivity contribution in [2.45, 2.75) is 51.1 Å². The molecule has 0 spiro atoms. The van der Waals surface area contributed by atoms with E-state index in [0.717, 1.165) is 67.1 Å². The van der Waals surface area contributed by atoms with Crippen molar-refractivity contribution in [2.75, 3.05) is 53.1 Å². The monoisotopic (exact) mass is 1080 g/mol. The molecule has 2 saturated heterocycles. The van der Waals surface area contributed by atoms with Gasteiger partial charge in [-0.25, -0.2) is 8.78 Å². The van der Waals surface area contributed by atoms with E-state index in [1.54, 1.807) is 0 Å². The van der Waals surface area contributed by atoms with E-state index in [0.29, 0.717) is 12.1 Å². The molecule has 1 N–H and O–H groups in total. The number of aliphatic hydroxyl groups excluding tert-OH is 1. The van der Waals surface area contributed by atoms with Crippen molar-refractivity contribution >= 4 is 80.5 Å². The third kappa shape index (κ3) is 10.1. The summed E-state index contributed by atoms with van der Waals surface area (Å²) in [7, 11) is 1.46. The second-order valence-corrected chi connectivity index (χ2v) is 17.8. The highest BCUT2D eigenvalue weighted by Crippen LogP contribution is 2.42. The first-order chi connectivity index (χ1) is 35.1. The summed E-state index contributed by atoms with van der Waals surface area (Å²) in [6.45, 7) is 5.56. The maximum absolute atomic E-state index is 15.2. The maximum Gasteiger partial charge on any atom is 0.417 e. The number of rotatable bonds is 11. The van der Waals surface area contributed by atoms with Crippen LogP contribution in [0, 0.1) is 34.3 Å². The Morgan fingerprint density at radius 3 is 1.35 bits per heavy atom. The SMILES string of the molecule is CC1(C)C(=O)N(c2ccc(C#N)c(C(F)(F)F)c2)C(=S)N1c1cc(F)c2nc(OCCO)cc(=O)n2c1.COCCOc1cc(=O)n2cc(N3C(=S)N(c4ccc(C#N)c(C(F)(F)F)c4)C(=O)C3(C)C)cc(F)c2n1. The molecule has 6 heterocycles. The second kappa shape index (κ2) is 20.3. The smallest absolute Gasteiger partial charge is 0.417 e. The number of hydrogen-bond donors (Lipinski definition) is 1. The molecule has 4 aromatic heterocycles. The summed E-state index contributed by atoms with van der Waals surface area (Å²) >= 11 is 10.9.